The van der Waals surface area contributed by atoms with E-state index in [1.165, 1.54) is 5.56 Å². The van der Waals surface area contributed by atoms with Crippen molar-refractivity contribution < 1.29 is 4.74 Å². The molecule has 3 rings (SSSR count). The van der Waals surface area contributed by atoms with Crippen molar-refractivity contribution in [2.45, 2.75) is 13.5 Å². The van der Waals surface area contributed by atoms with E-state index in [4.69, 9.17) is 4.74 Å². The first-order valence-electron chi connectivity index (χ1n) is 6.26. The van der Waals surface area contributed by atoms with Crippen molar-refractivity contribution in [3.8, 4) is 5.75 Å². The number of nitrogens with one attached hydrogen (secondary N) is 1. The van der Waals surface area contributed by atoms with Crippen LogP contribution in [0.5, 0.6) is 5.75 Å². The minimum absolute atomic E-state index is 0.199. The van der Waals surface area contributed by atoms with Gasteiger partial charge < -0.3 is 9.72 Å². The van der Waals surface area contributed by atoms with E-state index < -0.39 is 0 Å². The first kappa shape index (κ1) is 12.3. The highest BCUT2D eigenvalue weighted by atomic mass is 16.5. The van der Waals surface area contributed by atoms with Gasteiger partial charge in [0.2, 0.25) is 0 Å². The number of aromatic nitrogens is 3. The maximum atomic E-state index is 11.9. The van der Waals surface area contributed by atoms with E-state index in [0.29, 0.717) is 16.9 Å². The third-order valence-electron chi connectivity index (χ3n) is 2.93. The van der Waals surface area contributed by atoms with E-state index in [1.807, 2.05) is 31.2 Å². The number of hydrogen-bond donors (Lipinski definition) is 1. The van der Waals surface area contributed by atoms with E-state index in [2.05, 4.69) is 15.0 Å². The zero-order valence-corrected chi connectivity index (χ0v) is 11.0. The Hall–Kier alpha value is -2.69. The van der Waals surface area contributed by atoms with Gasteiger partial charge in [-0.05, 0) is 31.2 Å². The van der Waals surface area contributed by atoms with Crippen LogP contribution in [0.2, 0.25) is 0 Å². The molecule has 0 unspecified atom stereocenters. The van der Waals surface area contributed by atoms with Crippen LogP contribution < -0.4 is 10.3 Å². The van der Waals surface area contributed by atoms with Gasteiger partial charge in [-0.2, -0.15) is 0 Å². The average molecular weight is 267 g/mol. The van der Waals surface area contributed by atoms with E-state index in [-0.39, 0.29) is 12.2 Å². The Morgan fingerprint density at radius 1 is 1.20 bits per heavy atom. The normalized spacial score (nSPS) is 10.7. The number of nitrogens with zero attached hydrogens (tertiary/aromatic N) is 2. The molecule has 0 aliphatic carbocycles. The maximum Gasteiger partial charge on any atom is 0.260 e. The lowest BCUT2D eigenvalue weighted by Gasteiger charge is -2.06. The van der Waals surface area contributed by atoms with Gasteiger partial charge in [0.15, 0.2) is 5.65 Å². The van der Waals surface area contributed by atoms with Crippen LogP contribution >= 0.6 is 0 Å². The quantitative estimate of drug-likeness (QED) is 0.790. The lowest BCUT2D eigenvalue weighted by molar-refractivity contribution is 0.296. The molecule has 0 fully saturated rings. The summed E-state index contributed by atoms with van der Waals surface area (Å²) in [6.45, 7) is 2.21. The number of hydrogen-bond acceptors (Lipinski definition) is 4. The molecule has 2 heterocycles. The standard InChI is InChI=1S/C15H13N3O2/c1-10-4-6-11(7-5-10)20-9-13-17-14-12(15(19)18-13)3-2-8-16-14/h2-8H,9H2,1H3,(H,16,17,18,19). The van der Waals surface area contributed by atoms with Crippen molar-refractivity contribution in [1.29, 1.82) is 0 Å². The predicted octanol–water partition coefficient (Wildman–Crippen LogP) is 2.21. The van der Waals surface area contributed by atoms with Gasteiger partial charge in [0.05, 0.1) is 5.39 Å². The molecule has 0 amide bonds. The number of pyridine rings is 1. The molecule has 0 saturated carbocycles. The lowest BCUT2D eigenvalue weighted by Crippen LogP contribution is -2.14. The fourth-order valence-electron chi connectivity index (χ4n) is 1.87. The number of ether oxygens (including phenoxy) is 1. The molecule has 0 saturated heterocycles. The summed E-state index contributed by atoms with van der Waals surface area (Å²) in [6, 6.07) is 11.1. The number of aromatic amines is 1. The second-order valence-corrected chi connectivity index (χ2v) is 4.49. The summed E-state index contributed by atoms with van der Waals surface area (Å²) in [6.07, 6.45) is 1.61. The van der Waals surface area contributed by atoms with Crippen molar-refractivity contribution in [2.75, 3.05) is 0 Å². The summed E-state index contributed by atoms with van der Waals surface area (Å²) in [5.41, 5.74) is 1.39. The monoisotopic (exact) mass is 267 g/mol. The van der Waals surface area contributed by atoms with Gasteiger partial charge in [-0.1, -0.05) is 17.7 Å². The third kappa shape index (κ3) is 2.51. The molecule has 2 aromatic heterocycles. The topological polar surface area (TPSA) is 67.9 Å². The molecule has 1 N–H and O–H groups in total. The van der Waals surface area contributed by atoms with Crippen molar-refractivity contribution in [1.82, 2.24) is 15.0 Å². The highest BCUT2D eigenvalue weighted by Crippen LogP contribution is 2.12. The van der Waals surface area contributed by atoms with Crippen LogP contribution in [0.25, 0.3) is 11.0 Å². The molecular formula is C15H13N3O2. The summed E-state index contributed by atoms with van der Waals surface area (Å²) in [7, 11) is 0. The van der Waals surface area contributed by atoms with Gasteiger partial charge >= 0.3 is 0 Å². The molecule has 0 aliphatic heterocycles. The molecule has 1 aromatic carbocycles. The number of fused-ring (bicyclic) bond motifs is 1. The smallest absolute Gasteiger partial charge is 0.260 e. The Morgan fingerprint density at radius 3 is 2.80 bits per heavy atom. The number of rotatable bonds is 3. The van der Waals surface area contributed by atoms with Gasteiger partial charge in [-0.25, -0.2) is 9.97 Å². The maximum absolute atomic E-state index is 11.9. The first-order chi connectivity index (χ1) is 9.72. The molecule has 0 atom stereocenters. The molecule has 3 aromatic rings. The zero-order valence-electron chi connectivity index (χ0n) is 11.0. The molecular weight excluding hydrogens is 254 g/mol. The first-order valence-corrected chi connectivity index (χ1v) is 6.26. The van der Waals surface area contributed by atoms with Gasteiger partial charge in [0.1, 0.15) is 18.2 Å². The van der Waals surface area contributed by atoms with Crippen LogP contribution in [0.4, 0.5) is 0 Å². The predicted molar refractivity (Wildman–Crippen MR) is 75.7 cm³/mol. The molecule has 100 valence electrons. The van der Waals surface area contributed by atoms with Crippen LogP contribution in [0, 0.1) is 6.92 Å². The van der Waals surface area contributed by atoms with Gasteiger partial charge in [0.25, 0.3) is 5.56 Å². The highest BCUT2D eigenvalue weighted by Gasteiger charge is 2.04. The molecule has 0 spiro atoms. The molecule has 5 nitrogen and oxygen atoms in total. The summed E-state index contributed by atoms with van der Waals surface area (Å²) >= 11 is 0. The van der Waals surface area contributed by atoms with Crippen LogP contribution in [0.1, 0.15) is 11.4 Å². The third-order valence-corrected chi connectivity index (χ3v) is 2.93. The zero-order chi connectivity index (χ0) is 13.9. The van der Waals surface area contributed by atoms with Crippen LogP contribution in [0.15, 0.2) is 47.4 Å². The Labute approximate surface area is 115 Å². The fraction of sp³-hybridized carbons (Fsp3) is 0.133. The summed E-state index contributed by atoms with van der Waals surface area (Å²) in [5, 5.41) is 0.478. The average Bonchev–Trinajstić information content (AvgIpc) is 2.47. The second-order valence-electron chi connectivity index (χ2n) is 4.49. The van der Waals surface area contributed by atoms with Gasteiger partial charge in [-0.15, -0.1) is 0 Å². The van der Waals surface area contributed by atoms with E-state index >= 15 is 0 Å². The molecule has 5 heteroatoms. The number of aryl methyl sites for hydroxylation is 1. The van der Waals surface area contributed by atoms with Gasteiger partial charge in [-0.3, -0.25) is 4.79 Å². The number of benzene rings is 1. The minimum Gasteiger partial charge on any atom is -0.486 e. The SMILES string of the molecule is Cc1ccc(OCc2nc3ncccc3c(=O)[nH]2)cc1. The largest absolute Gasteiger partial charge is 0.486 e. The highest BCUT2D eigenvalue weighted by molar-refractivity contribution is 5.72. The van der Waals surface area contributed by atoms with Crippen LogP contribution in [-0.4, -0.2) is 15.0 Å². The van der Waals surface area contributed by atoms with Crippen molar-refractivity contribution >= 4 is 11.0 Å². The minimum atomic E-state index is -0.203. The Kier molecular flexibility index (Phi) is 3.16. The van der Waals surface area contributed by atoms with Crippen LogP contribution in [-0.2, 0) is 6.61 Å². The van der Waals surface area contributed by atoms with E-state index in [9.17, 15) is 4.79 Å². The van der Waals surface area contributed by atoms with Crippen molar-refractivity contribution in [3.63, 3.8) is 0 Å². The van der Waals surface area contributed by atoms with Crippen LogP contribution in [0.3, 0.4) is 0 Å². The Bertz CT molecular complexity index is 794. The molecule has 0 radical (unpaired) electrons. The summed E-state index contributed by atoms with van der Waals surface area (Å²) in [4.78, 5) is 22.9. The van der Waals surface area contributed by atoms with E-state index in [1.54, 1.807) is 18.3 Å². The van der Waals surface area contributed by atoms with Crippen molar-refractivity contribution in [3.05, 3.63) is 64.3 Å². The van der Waals surface area contributed by atoms with E-state index in [0.717, 1.165) is 5.75 Å². The number of H-pyrrole nitrogens is 1. The van der Waals surface area contributed by atoms with Gasteiger partial charge in [0, 0.05) is 6.20 Å². The second kappa shape index (κ2) is 5.13. The van der Waals surface area contributed by atoms with Crippen molar-refractivity contribution in [2.24, 2.45) is 0 Å². The summed E-state index contributed by atoms with van der Waals surface area (Å²) < 4.78 is 5.59. The molecule has 20 heavy (non-hydrogen) atoms. The Morgan fingerprint density at radius 2 is 2.00 bits per heavy atom. The lowest BCUT2D eigenvalue weighted by atomic mass is 10.2. The molecule has 0 aliphatic rings. The summed E-state index contributed by atoms with van der Waals surface area (Å²) in [5.74, 6) is 1.20. The molecule has 0 bridgehead atoms. The fourth-order valence-corrected chi connectivity index (χ4v) is 1.87. The Balaban J connectivity index is 1.84.